The summed E-state index contributed by atoms with van der Waals surface area (Å²) in [7, 11) is 0. The minimum absolute atomic E-state index is 0.390. The zero-order valence-electron chi connectivity index (χ0n) is 10.9. The van der Waals surface area contributed by atoms with E-state index in [4.69, 9.17) is 5.84 Å². The number of nitrogens with two attached hydrogens (primary N) is 1. The van der Waals surface area contributed by atoms with Crippen LogP contribution in [0.25, 0.3) is 0 Å². The topological polar surface area (TPSA) is 55.9 Å². The Labute approximate surface area is 104 Å². The van der Waals surface area contributed by atoms with Gasteiger partial charge in [0, 0.05) is 24.7 Å². The molecule has 1 aromatic rings. The molecule has 0 spiro atoms. The average molecular weight is 236 g/mol. The van der Waals surface area contributed by atoms with Crippen molar-refractivity contribution >= 4 is 0 Å². The molecule has 0 radical (unpaired) electrons. The first-order chi connectivity index (χ1) is 8.22. The van der Waals surface area contributed by atoms with Crippen LogP contribution in [0.5, 0.6) is 0 Å². The summed E-state index contributed by atoms with van der Waals surface area (Å²) < 4.78 is 2.08. The molecule has 1 unspecified atom stereocenters. The number of hydrogen-bond donors (Lipinski definition) is 2. The SMILES string of the molecule is CCn1nc(C)cc1CC(CC1CCC1)NN. The van der Waals surface area contributed by atoms with Gasteiger partial charge in [0.2, 0.25) is 0 Å². The van der Waals surface area contributed by atoms with Crippen LogP contribution in [0.4, 0.5) is 0 Å². The number of hydrogen-bond acceptors (Lipinski definition) is 3. The third-order valence-corrected chi connectivity index (χ3v) is 3.82. The van der Waals surface area contributed by atoms with Gasteiger partial charge in [-0.25, -0.2) is 0 Å². The first-order valence-corrected chi connectivity index (χ1v) is 6.72. The fraction of sp³-hybridized carbons (Fsp3) is 0.769. The second kappa shape index (κ2) is 5.65. The Balaban J connectivity index is 1.95. The van der Waals surface area contributed by atoms with Crippen molar-refractivity contribution < 1.29 is 0 Å². The van der Waals surface area contributed by atoms with E-state index in [9.17, 15) is 0 Å². The Morgan fingerprint density at radius 3 is 2.88 bits per heavy atom. The van der Waals surface area contributed by atoms with Crippen LogP contribution in [0.1, 0.15) is 44.0 Å². The molecule has 96 valence electrons. The minimum Gasteiger partial charge on any atom is -0.271 e. The van der Waals surface area contributed by atoms with Gasteiger partial charge in [-0.1, -0.05) is 19.3 Å². The summed E-state index contributed by atoms with van der Waals surface area (Å²) in [5.74, 6) is 6.55. The van der Waals surface area contributed by atoms with Crippen LogP contribution in [0.3, 0.4) is 0 Å². The number of nitrogens with zero attached hydrogens (tertiary/aromatic N) is 2. The van der Waals surface area contributed by atoms with E-state index in [1.165, 1.54) is 31.4 Å². The molecule has 1 aromatic heterocycles. The maximum Gasteiger partial charge on any atom is 0.0596 e. The first-order valence-electron chi connectivity index (χ1n) is 6.72. The zero-order chi connectivity index (χ0) is 12.3. The molecule has 1 aliphatic rings. The van der Waals surface area contributed by atoms with E-state index in [-0.39, 0.29) is 0 Å². The summed E-state index contributed by atoms with van der Waals surface area (Å²) >= 11 is 0. The van der Waals surface area contributed by atoms with Gasteiger partial charge in [-0.15, -0.1) is 0 Å². The summed E-state index contributed by atoms with van der Waals surface area (Å²) in [5, 5.41) is 4.48. The normalized spacial score (nSPS) is 18.1. The largest absolute Gasteiger partial charge is 0.271 e. The fourth-order valence-corrected chi connectivity index (χ4v) is 2.63. The molecule has 0 aliphatic heterocycles. The van der Waals surface area contributed by atoms with Crippen molar-refractivity contribution in [2.75, 3.05) is 0 Å². The zero-order valence-corrected chi connectivity index (χ0v) is 10.9. The van der Waals surface area contributed by atoms with Crippen molar-refractivity contribution in [1.29, 1.82) is 0 Å². The van der Waals surface area contributed by atoms with Gasteiger partial charge in [0.1, 0.15) is 0 Å². The van der Waals surface area contributed by atoms with E-state index in [1.807, 2.05) is 6.92 Å². The molecule has 1 fully saturated rings. The van der Waals surface area contributed by atoms with E-state index in [2.05, 4.69) is 28.2 Å². The van der Waals surface area contributed by atoms with E-state index in [1.54, 1.807) is 0 Å². The van der Waals surface area contributed by atoms with E-state index < -0.39 is 0 Å². The molecular weight excluding hydrogens is 212 g/mol. The predicted octanol–water partition coefficient (Wildman–Crippen LogP) is 1.78. The smallest absolute Gasteiger partial charge is 0.0596 e. The highest BCUT2D eigenvalue weighted by molar-refractivity contribution is 5.10. The lowest BCUT2D eigenvalue weighted by molar-refractivity contribution is 0.258. The molecule has 0 aromatic carbocycles. The maximum atomic E-state index is 5.67. The summed E-state index contributed by atoms with van der Waals surface area (Å²) in [6.07, 6.45) is 6.34. The lowest BCUT2D eigenvalue weighted by atomic mass is 9.80. The minimum atomic E-state index is 0.390. The van der Waals surface area contributed by atoms with Gasteiger partial charge in [-0.3, -0.25) is 16.0 Å². The molecule has 0 bridgehead atoms. The highest BCUT2D eigenvalue weighted by Crippen LogP contribution is 2.30. The Morgan fingerprint density at radius 2 is 2.35 bits per heavy atom. The second-order valence-corrected chi connectivity index (χ2v) is 5.19. The Kier molecular flexibility index (Phi) is 4.18. The van der Waals surface area contributed by atoms with Crippen molar-refractivity contribution in [3.05, 3.63) is 17.5 Å². The predicted molar refractivity (Wildman–Crippen MR) is 69.4 cm³/mol. The molecule has 1 saturated carbocycles. The van der Waals surface area contributed by atoms with E-state index in [0.717, 1.165) is 24.6 Å². The lowest BCUT2D eigenvalue weighted by Gasteiger charge is -2.29. The van der Waals surface area contributed by atoms with Crippen molar-refractivity contribution in [3.63, 3.8) is 0 Å². The van der Waals surface area contributed by atoms with Crippen LogP contribution in [0.2, 0.25) is 0 Å². The molecule has 1 heterocycles. The molecule has 2 rings (SSSR count). The summed E-state index contributed by atoms with van der Waals surface area (Å²) in [6.45, 7) is 5.11. The number of rotatable bonds is 6. The van der Waals surface area contributed by atoms with Gasteiger partial charge < -0.3 is 0 Å². The average Bonchev–Trinajstić information content (AvgIpc) is 2.62. The second-order valence-electron chi connectivity index (χ2n) is 5.19. The van der Waals surface area contributed by atoms with Gasteiger partial charge in [-0.05, 0) is 32.3 Å². The van der Waals surface area contributed by atoms with Crippen LogP contribution >= 0.6 is 0 Å². The summed E-state index contributed by atoms with van der Waals surface area (Å²) in [4.78, 5) is 0. The molecule has 1 aliphatic carbocycles. The van der Waals surface area contributed by atoms with E-state index in [0.29, 0.717) is 6.04 Å². The highest BCUT2D eigenvalue weighted by atomic mass is 15.3. The number of aromatic nitrogens is 2. The van der Waals surface area contributed by atoms with Crippen molar-refractivity contribution in [2.24, 2.45) is 11.8 Å². The first kappa shape index (κ1) is 12.6. The maximum absolute atomic E-state index is 5.67. The van der Waals surface area contributed by atoms with E-state index >= 15 is 0 Å². The van der Waals surface area contributed by atoms with Gasteiger partial charge in [0.05, 0.1) is 5.69 Å². The third kappa shape index (κ3) is 3.07. The number of hydrazine groups is 1. The third-order valence-electron chi connectivity index (χ3n) is 3.82. The molecule has 0 amide bonds. The summed E-state index contributed by atoms with van der Waals surface area (Å²) in [5.41, 5.74) is 5.37. The van der Waals surface area contributed by atoms with Crippen molar-refractivity contribution in [1.82, 2.24) is 15.2 Å². The molecule has 4 nitrogen and oxygen atoms in total. The number of aryl methyl sites for hydroxylation is 2. The van der Waals surface area contributed by atoms with Crippen LogP contribution < -0.4 is 11.3 Å². The van der Waals surface area contributed by atoms with Crippen LogP contribution in [0.15, 0.2) is 6.07 Å². The molecular formula is C13H24N4. The van der Waals surface area contributed by atoms with Gasteiger partial charge in [0.15, 0.2) is 0 Å². The quantitative estimate of drug-likeness (QED) is 0.584. The molecule has 3 N–H and O–H groups in total. The van der Waals surface area contributed by atoms with Crippen molar-refractivity contribution in [3.8, 4) is 0 Å². The fourth-order valence-electron chi connectivity index (χ4n) is 2.63. The Morgan fingerprint density at radius 1 is 1.59 bits per heavy atom. The highest BCUT2D eigenvalue weighted by Gasteiger charge is 2.22. The Bertz CT molecular complexity index is 354. The molecule has 1 atom stereocenters. The molecule has 4 heteroatoms. The van der Waals surface area contributed by atoms with Gasteiger partial charge in [-0.2, -0.15) is 5.10 Å². The monoisotopic (exact) mass is 236 g/mol. The molecule has 0 saturated heterocycles. The van der Waals surface area contributed by atoms with Crippen molar-refractivity contribution in [2.45, 2.75) is 58.5 Å². The van der Waals surface area contributed by atoms with Crippen LogP contribution in [-0.2, 0) is 13.0 Å². The lowest BCUT2D eigenvalue weighted by Crippen LogP contribution is -2.39. The number of nitrogens with one attached hydrogen (secondary N) is 1. The Hall–Kier alpha value is -0.870. The van der Waals surface area contributed by atoms with Crippen LogP contribution in [0, 0.1) is 12.8 Å². The molecule has 17 heavy (non-hydrogen) atoms. The summed E-state index contributed by atoms with van der Waals surface area (Å²) in [6, 6.07) is 2.57. The standard InChI is InChI=1S/C13H24N4/c1-3-17-13(7-10(2)16-17)9-12(15-14)8-11-5-4-6-11/h7,11-12,15H,3-6,8-9,14H2,1-2H3. The van der Waals surface area contributed by atoms with Gasteiger partial charge >= 0.3 is 0 Å². The van der Waals surface area contributed by atoms with Gasteiger partial charge in [0.25, 0.3) is 0 Å². The van der Waals surface area contributed by atoms with Crippen LogP contribution in [-0.4, -0.2) is 15.8 Å².